The number of nitriles is 1. The van der Waals surface area contributed by atoms with Crippen LogP contribution in [0.4, 0.5) is 10.5 Å². The molecule has 2 N–H and O–H groups in total. The summed E-state index contributed by atoms with van der Waals surface area (Å²) in [7, 11) is 1.24. The van der Waals surface area contributed by atoms with Crippen molar-refractivity contribution in [1.29, 1.82) is 5.26 Å². The van der Waals surface area contributed by atoms with E-state index in [1.807, 2.05) is 6.07 Å². The van der Waals surface area contributed by atoms with Crippen LogP contribution in [-0.2, 0) is 35.2 Å². The molecule has 2 aliphatic rings. The highest BCUT2D eigenvalue weighted by atomic mass is 16.5. The third kappa shape index (κ3) is 3.07. The molecule has 1 atom stereocenters. The average Bonchev–Trinajstić information content (AvgIpc) is 3.22. The number of benzene rings is 1. The van der Waals surface area contributed by atoms with E-state index in [1.165, 1.54) is 29.4 Å². The summed E-state index contributed by atoms with van der Waals surface area (Å²) >= 11 is 0. The highest BCUT2D eigenvalue weighted by Crippen LogP contribution is 2.38. The van der Waals surface area contributed by atoms with Crippen molar-refractivity contribution < 1.29 is 14.3 Å². The lowest BCUT2D eigenvalue weighted by molar-refractivity contribution is -0.142. The van der Waals surface area contributed by atoms with E-state index in [0.29, 0.717) is 0 Å². The zero-order valence-electron chi connectivity index (χ0n) is 13.8. The van der Waals surface area contributed by atoms with Gasteiger partial charge in [0.1, 0.15) is 6.04 Å². The first-order chi connectivity index (χ1) is 11.6. The number of hydrogen-bond donors (Lipinski definition) is 2. The normalized spacial score (nSPS) is 15.8. The summed E-state index contributed by atoms with van der Waals surface area (Å²) in [6, 6.07) is 2.77. The SMILES string of the molecule is COC(=O)C(CC#N)NC(=O)Nc1c2c(cc3c1CCC3)CCC2. The van der Waals surface area contributed by atoms with Gasteiger partial charge < -0.3 is 15.4 Å². The van der Waals surface area contributed by atoms with Gasteiger partial charge in [-0.05, 0) is 60.8 Å². The molecule has 1 unspecified atom stereocenters. The minimum Gasteiger partial charge on any atom is -0.467 e. The second kappa shape index (κ2) is 6.91. The van der Waals surface area contributed by atoms with Crippen LogP contribution in [0, 0.1) is 11.3 Å². The van der Waals surface area contributed by atoms with Gasteiger partial charge in [-0.3, -0.25) is 0 Å². The predicted molar refractivity (Wildman–Crippen MR) is 88.7 cm³/mol. The third-order valence-electron chi connectivity index (χ3n) is 4.80. The van der Waals surface area contributed by atoms with Gasteiger partial charge in [-0.25, -0.2) is 9.59 Å². The molecule has 0 saturated heterocycles. The first-order valence-corrected chi connectivity index (χ1v) is 8.32. The summed E-state index contributed by atoms with van der Waals surface area (Å²) in [5, 5.41) is 14.3. The van der Waals surface area contributed by atoms with E-state index in [4.69, 9.17) is 5.26 Å². The van der Waals surface area contributed by atoms with Crippen molar-refractivity contribution in [3.05, 3.63) is 28.3 Å². The van der Waals surface area contributed by atoms with Crippen molar-refractivity contribution in [2.45, 2.75) is 51.0 Å². The number of methoxy groups -OCH3 is 1. The standard InChI is InChI=1S/C18H21N3O3/c1-24-17(22)15(8-9-19)20-18(23)21-16-13-6-2-4-11(13)10-12-5-3-7-14(12)16/h10,15H,2-8H2,1H3,(H2,20,21,23). The molecule has 3 rings (SSSR count). The average molecular weight is 327 g/mol. The number of amides is 2. The Hall–Kier alpha value is -2.55. The van der Waals surface area contributed by atoms with E-state index < -0.39 is 18.0 Å². The Morgan fingerprint density at radius 2 is 1.83 bits per heavy atom. The summed E-state index contributed by atoms with van der Waals surface area (Å²) < 4.78 is 4.63. The predicted octanol–water partition coefficient (Wildman–Crippen LogP) is 2.24. The summed E-state index contributed by atoms with van der Waals surface area (Å²) in [6.45, 7) is 0. The first-order valence-electron chi connectivity index (χ1n) is 8.32. The fraction of sp³-hybridized carbons (Fsp3) is 0.500. The Labute approximate surface area is 141 Å². The van der Waals surface area contributed by atoms with Crippen LogP contribution in [0.2, 0.25) is 0 Å². The Kier molecular flexibility index (Phi) is 4.70. The zero-order valence-corrected chi connectivity index (χ0v) is 13.8. The number of nitrogens with one attached hydrogen (secondary N) is 2. The highest BCUT2D eigenvalue weighted by molar-refractivity contribution is 5.94. The van der Waals surface area contributed by atoms with Crippen molar-refractivity contribution in [2.75, 3.05) is 12.4 Å². The van der Waals surface area contributed by atoms with Crippen LogP contribution in [-0.4, -0.2) is 25.2 Å². The lowest BCUT2D eigenvalue weighted by atomic mass is 9.99. The molecule has 1 aromatic rings. The molecule has 2 amide bonds. The number of fused-ring (bicyclic) bond motifs is 2. The van der Waals surface area contributed by atoms with E-state index >= 15 is 0 Å². The van der Waals surface area contributed by atoms with Crippen LogP contribution in [0.1, 0.15) is 41.5 Å². The minimum absolute atomic E-state index is 0.120. The summed E-state index contributed by atoms with van der Waals surface area (Å²) in [5.74, 6) is -0.616. The largest absolute Gasteiger partial charge is 0.467 e. The fourth-order valence-electron chi connectivity index (χ4n) is 3.70. The molecule has 126 valence electrons. The molecule has 0 bridgehead atoms. The van der Waals surface area contributed by atoms with Crippen LogP contribution < -0.4 is 10.6 Å². The molecule has 0 fully saturated rings. The molecule has 24 heavy (non-hydrogen) atoms. The maximum atomic E-state index is 12.4. The smallest absolute Gasteiger partial charge is 0.329 e. The van der Waals surface area contributed by atoms with Crippen molar-refractivity contribution in [1.82, 2.24) is 5.32 Å². The van der Waals surface area contributed by atoms with Crippen LogP contribution in [0.15, 0.2) is 6.07 Å². The van der Waals surface area contributed by atoms with Gasteiger partial charge in [0.2, 0.25) is 0 Å². The number of anilines is 1. The lowest BCUT2D eigenvalue weighted by Crippen LogP contribution is -2.43. The molecular weight excluding hydrogens is 306 g/mol. The van der Waals surface area contributed by atoms with Gasteiger partial charge in [0, 0.05) is 5.69 Å². The summed E-state index contributed by atoms with van der Waals surface area (Å²) in [4.78, 5) is 24.0. The molecule has 0 heterocycles. The summed E-state index contributed by atoms with van der Waals surface area (Å²) in [6.07, 6.45) is 6.14. The maximum Gasteiger partial charge on any atom is 0.329 e. The topological polar surface area (TPSA) is 91.2 Å². The summed E-state index contributed by atoms with van der Waals surface area (Å²) in [5.41, 5.74) is 6.01. The van der Waals surface area contributed by atoms with Gasteiger partial charge in [-0.2, -0.15) is 5.26 Å². The van der Waals surface area contributed by atoms with Gasteiger partial charge in [-0.15, -0.1) is 0 Å². The number of nitrogens with zero attached hydrogens (tertiary/aromatic N) is 1. The van der Waals surface area contributed by atoms with Crippen LogP contribution in [0.5, 0.6) is 0 Å². The number of carbonyl (C=O) groups excluding carboxylic acids is 2. The number of ether oxygens (including phenoxy) is 1. The number of rotatable bonds is 4. The van der Waals surface area contributed by atoms with Crippen molar-refractivity contribution in [3.8, 4) is 6.07 Å². The van der Waals surface area contributed by atoms with Gasteiger partial charge in [0.25, 0.3) is 0 Å². The highest BCUT2D eigenvalue weighted by Gasteiger charge is 2.26. The van der Waals surface area contributed by atoms with E-state index in [9.17, 15) is 9.59 Å². The second-order valence-corrected chi connectivity index (χ2v) is 6.27. The van der Waals surface area contributed by atoms with Crippen LogP contribution >= 0.6 is 0 Å². The number of hydrogen-bond acceptors (Lipinski definition) is 4. The van der Waals surface area contributed by atoms with Crippen LogP contribution in [0.3, 0.4) is 0 Å². The molecule has 0 radical (unpaired) electrons. The molecule has 0 spiro atoms. The van der Waals surface area contributed by atoms with Crippen molar-refractivity contribution >= 4 is 17.7 Å². The van der Waals surface area contributed by atoms with Gasteiger partial charge >= 0.3 is 12.0 Å². The van der Waals surface area contributed by atoms with Crippen LogP contribution in [0.25, 0.3) is 0 Å². The van der Waals surface area contributed by atoms with Crippen molar-refractivity contribution in [3.63, 3.8) is 0 Å². The molecule has 1 aromatic carbocycles. The number of carbonyl (C=O) groups is 2. The molecular formula is C18H21N3O3. The van der Waals surface area contributed by atoms with Crippen molar-refractivity contribution in [2.24, 2.45) is 0 Å². The van der Waals surface area contributed by atoms with E-state index in [1.54, 1.807) is 0 Å². The van der Waals surface area contributed by atoms with E-state index in [2.05, 4.69) is 21.4 Å². The fourth-order valence-corrected chi connectivity index (χ4v) is 3.70. The maximum absolute atomic E-state index is 12.4. The molecule has 2 aliphatic carbocycles. The van der Waals surface area contributed by atoms with Gasteiger partial charge in [0.15, 0.2) is 0 Å². The first kappa shape index (κ1) is 16.3. The number of aryl methyl sites for hydroxylation is 2. The van der Waals surface area contributed by atoms with Gasteiger partial charge in [-0.1, -0.05) is 6.07 Å². The molecule has 0 saturated carbocycles. The number of esters is 1. The monoisotopic (exact) mass is 327 g/mol. The zero-order chi connectivity index (χ0) is 17.1. The minimum atomic E-state index is -0.954. The molecule has 0 aliphatic heterocycles. The quantitative estimate of drug-likeness (QED) is 0.830. The Morgan fingerprint density at radius 3 is 2.38 bits per heavy atom. The van der Waals surface area contributed by atoms with E-state index in [0.717, 1.165) is 44.2 Å². The lowest BCUT2D eigenvalue weighted by Gasteiger charge is -2.18. The Balaban J connectivity index is 1.80. The van der Waals surface area contributed by atoms with E-state index in [-0.39, 0.29) is 6.42 Å². The third-order valence-corrected chi connectivity index (χ3v) is 4.80. The number of urea groups is 1. The second-order valence-electron chi connectivity index (χ2n) is 6.27. The molecule has 0 aromatic heterocycles. The molecule has 6 nitrogen and oxygen atoms in total. The Bertz CT molecular complexity index is 689. The Morgan fingerprint density at radius 1 is 1.21 bits per heavy atom. The van der Waals surface area contributed by atoms with Gasteiger partial charge in [0.05, 0.1) is 19.6 Å². The molecule has 6 heteroatoms.